The van der Waals surface area contributed by atoms with Gasteiger partial charge in [0.1, 0.15) is 18.2 Å². The zero-order chi connectivity index (χ0) is 14.5. The Balaban J connectivity index is 2.11. The second-order valence-electron chi connectivity index (χ2n) is 4.51. The molecule has 0 radical (unpaired) electrons. The number of rotatable bonds is 5. The molecule has 5 heteroatoms. The summed E-state index contributed by atoms with van der Waals surface area (Å²) >= 11 is 5.88. The number of hydrogen-bond acceptors (Lipinski definition) is 3. The van der Waals surface area contributed by atoms with Crippen LogP contribution in [-0.4, -0.2) is 6.61 Å². The summed E-state index contributed by atoms with van der Waals surface area (Å²) in [5, 5.41) is 0.585. The van der Waals surface area contributed by atoms with E-state index in [4.69, 9.17) is 22.2 Å². The molecule has 1 atom stereocenters. The van der Waals surface area contributed by atoms with Gasteiger partial charge in [-0.15, -0.1) is 0 Å². The maximum atomic E-state index is 13.8. The van der Waals surface area contributed by atoms with Gasteiger partial charge in [0.25, 0.3) is 0 Å². The molecule has 0 heterocycles. The Labute approximate surface area is 122 Å². The van der Waals surface area contributed by atoms with Gasteiger partial charge in [0.2, 0.25) is 0 Å². The Morgan fingerprint density at radius 1 is 1.30 bits per heavy atom. The van der Waals surface area contributed by atoms with E-state index in [9.17, 15) is 4.39 Å². The molecule has 106 valence electrons. The lowest BCUT2D eigenvalue weighted by atomic mass is 10.0. The van der Waals surface area contributed by atoms with Crippen molar-refractivity contribution in [2.24, 2.45) is 5.84 Å². The quantitative estimate of drug-likeness (QED) is 0.656. The van der Waals surface area contributed by atoms with Crippen molar-refractivity contribution in [3.63, 3.8) is 0 Å². The molecule has 2 rings (SSSR count). The maximum Gasteiger partial charge on any atom is 0.128 e. The Kier molecular flexibility index (Phi) is 4.95. The lowest BCUT2D eigenvalue weighted by Gasteiger charge is -2.18. The summed E-state index contributed by atoms with van der Waals surface area (Å²) in [6.45, 7) is 2.10. The summed E-state index contributed by atoms with van der Waals surface area (Å²) in [7, 11) is 0. The summed E-state index contributed by atoms with van der Waals surface area (Å²) < 4.78 is 19.4. The number of benzene rings is 2. The van der Waals surface area contributed by atoms with Crippen molar-refractivity contribution >= 4 is 11.6 Å². The molecule has 0 aliphatic rings. The molecule has 0 spiro atoms. The zero-order valence-corrected chi connectivity index (χ0v) is 11.8. The average molecular weight is 295 g/mol. The fourth-order valence-corrected chi connectivity index (χ4v) is 2.07. The topological polar surface area (TPSA) is 47.3 Å². The van der Waals surface area contributed by atoms with Crippen molar-refractivity contribution in [3.05, 3.63) is 64.4 Å². The highest BCUT2D eigenvalue weighted by atomic mass is 35.5. The summed E-state index contributed by atoms with van der Waals surface area (Å²) in [5.74, 6) is 5.80. The fourth-order valence-electron chi connectivity index (χ4n) is 1.89. The molecule has 0 saturated heterocycles. The third-order valence-corrected chi connectivity index (χ3v) is 3.18. The molecule has 0 aliphatic heterocycles. The van der Waals surface area contributed by atoms with Crippen LogP contribution in [0.5, 0.6) is 5.75 Å². The van der Waals surface area contributed by atoms with Gasteiger partial charge in [0.15, 0.2) is 0 Å². The van der Waals surface area contributed by atoms with Crippen LogP contribution >= 0.6 is 11.6 Å². The van der Waals surface area contributed by atoms with Crippen LogP contribution in [0, 0.1) is 12.7 Å². The van der Waals surface area contributed by atoms with E-state index in [1.54, 1.807) is 36.4 Å². The predicted octanol–water partition coefficient (Wildman–Crippen LogP) is 3.37. The van der Waals surface area contributed by atoms with Crippen LogP contribution in [0.2, 0.25) is 5.02 Å². The average Bonchev–Trinajstić information content (AvgIpc) is 2.43. The third-order valence-electron chi connectivity index (χ3n) is 2.94. The van der Waals surface area contributed by atoms with E-state index in [1.807, 2.05) is 6.92 Å². The van der Waals surface area contributed by atoms with Gasteiger partial charge in [0, 0.05) is 10.6 Å². The molecule has 2 aromatic rings. The Bertz CT molecular complexity index is 592. The summed E-state index contributed by atoms with van der Waals surface area (Å²) in [4.78, 5) is 0. The first-order valence-electron chi connectivity index (χ1n) is 6.20. The first-order valence-corrected chi connectivity index (χ1v) is 6.58. The van der Waals surface area contributed by atoms with E-state index < -0.39 is 6.04 Å². The van der Waals surface area contributed by atoms with Gasteiger partial charge in [-0.1, -0.05) is 35.4 Å². The second kappa shape index (κ2) is 6.70. The largest absolute Gasteiger partial charge is 0.491 e. The highest BCUT2D eigenvalue weighted by molar-refractivity contribution is 6.30. The van der Waals surface area contributed by atoms with Gasteiger partial charge in [0.05, 0.1) is 6.04 Å². The van der Waals surface area contributed by atoms with E-state index in [0.717, 1.165) is 5.56 Å². The first kappa shape index (κ1) is 14.8. The monoisotopic (exact) mass is 294 g/mol. The molecule has 0 aromatic heterocycles. The van der Waals surface area contributed by atoms with Crippen LogP contribution < -0.4 is 16.0 Å². The Hall–Kier alpha value is -1.62. The number of nitrogens with two attached hydrogens (primary N) is 1. The van der Waals surface area contributed by atoms with Gasteiger partial charge in [-0.05, 0) is 31.2 Å². The van der Waals surface area contributed by atoms with Gasteiger partial charge < -0.3 is 4.74 Å². The SMILES string of the molecule is Cc1ccc(F)c(C(COc2cccc(Cl)c2)NN)c1. The van der Waals surface area contributed by atoms with Gasteiger partial charge >= 0.3 is 0 Å². The smallest absolute Gasteiger partial charge is 0.128 e. The van der Waals surface area contributed by atoms with Gasteiger partial charge in [-0.2, -0.15) is 0 Å². The van der Waals surface area contributed by atoms with Gasteiger partial charge in [-0.25, -0.2) is 9.82 Å². The van der Waals surface area contributed by atoms with Crippen LogP contribution in [0.15, 0.2) is 42.5 Å². The number of nitrogens with one attached hydrogen (secondary N) is 1. The van der Waals surface area contributed by atoms with E-state index in [0.29, 0.717) is 16.3 Å². The molecule has 20 heavy (non-hydrogen) atoms. The zero-order valence-electron chi connectivity index (χ0n) is 11.1. The summed E-state index contributed by atoms with van der Waals surface area (Å²) in [6.07, 6.45) is 0. The minimum Gasteiger partial charge on any atom is -0.491 e. The van der Waals surface area contributed by atoms with Crippen LogP contribution in [0.1, 0.15) is 17.2 Å². The molecule has 3 N–H and O–H groups in total. The van der Waals surface area contributed by atoms with E-state index in [1.165, 1.54) is 6.07 Å². The van der Waals surface area contributed by atoms with Crippen LogP contribution in [0.4, 0.5) is 4.39 Å². The highest BCUT2D eigenvalue weighted by Gasteiger charge is 2.15. The fraction of sp³-hybridized carbons (Fsp3) is 0.200. The predicted molar refractivity (Wildman–Crippen MR) is 78.1 cm³/mol. The molecule has 0 amide bonds. The molecule has 1 unspecified atom stereocenters. The molecule has 0 fully saturated rings. The first-order chi connectivity index (χ1) is 9.60. The molecule has 0 saturated carbocycles. The lowest BCUT2D eigenvalue weighted by molar-refractivity contribution is 0.264. The van der Waals surface area contributed by atoms with E-state index >= 15 is 0 Å². The number of halogens is 2. The standard InChI is InChI=1S/C15H16ClFN2O/c1-10-5-6-14(17)13(7-10)15(19-18)9-20-12-4-2-3-11(16)8-12/h2-8,15,19H,9,18H2,1H3. The van der Waals surface area contributed by atoms with E-state index in [-0.39, 0.29) is 12.4 Å². The van der Waals surface area contributed by atoms with Crippen molar-refractivity contribution in [2.45, 2.75) is 13.0 Å². The molecular weight excluding hydrogens is 279 g/mol. The van der Waals surface area contributed by atoms with Crippen molar-refractivity contribution < 1.29 is 9.13 Å². The Morgan fingerprint density at radius 3 is 2.80 bits per heavy atom. The lowest BCUT2D eigenvalue weighted by Crippen LogP contribution is -2.33. The van der Waals surface area contributed by atoms with Crippen molar-refractivity contribution in [1.82, 2.24) is 5.43 Å². The second-order valence-corrected chi connectivity index (χ2v) is 4.95. The van der Waals surface area contributed by atoms with Crippen molar-refractivity contribution in [1.29, 1.82) is 0 Å². The van der Waals surface area contributed by atoms with Gasteiger partial charge in [-0.3, -0.25) is 5.84 Å². The molecular formula is C15H16ClFN2O. The molecule has 3 nitrogen and oxygen atoms in total. The number of hydrogen-bond donors (Lipinski definition) is 2. The normalized spacial score (nSPS) is 12.2. The minimum atomic E-state index is -0.436. The van der Waals surface area contributed by atoms with Crippen LogP contribution in [0.3, 0.4) is 0 Å². The van der Waals surface area contributed by atoms with Crippen LogP contribution in [0.25, 0.3) is 0 Å². The molecule has 0 bridgehead atoms. The van der Waals surface area contributed by atoms with Crippen molar-refractivity contribution in [2.75, 3.05) is 6.61 Å². The number of hydrazine groups is 1. The summed E-state index contributed by atoms with van der Waals surface area (Å²) in [5.41, 5.74) is 4.02. The minimum absolute atomic E-state index is 0.206. The summed E-state index contributed by atoms with van der Waals surface area (Å²) in [6, 6.07) is 11.5. The third kappa shape index (κ3) is 3.70. The Morgan fingerprint density at radius 2 is 2.10 bits per heavy atom. The molecule has 0 aliphatic carbocycles. The number of aryl methyl sites for hydroxylation is 1. The highest BCUT2D eigenvalue weighted by Crippen LogP contribution is 2.21. The van der Waals surface area contributed by atoms with Crippen LogP contribution in [-0.2, 0) is 0 Å². The molecule has 2 aromatic carbocycles. The van der Waals surface area contributed by atoms with Crippen molar-refractivity contribution in [3.8, 4) is 5.75 Å². The maximum absolute atomic E-state index is 13.8. The van der Waals surface area contributed by atoms with E-state index in [2.05, 4.69) is 5.43 Å². The number of ether oxygens (including phenoxy) is 1.